The van der Waals surface area contributed by atoms with E-state index in [9.17, 15) is 0 Å². The fourth-order valence-electron chi connectivity index (χ4n) is 1.14. The first-order valence-electron chi connectivity index (χ1n) is 4.34. The van der Waals surface area contributed by atoms with Crippen LogP contribution in [-0.4, -0.2) is 23.1 Å². The first kappa shape index (κ1) is 12.6. The Labute approximate surface area is 117 Å². The SMILES string of the molecule is Brc1ccccc1Oc1ccccc1.[H-].[H-].[Mg+2]. The fourth-order valence-corrected chi connectivity index (χ4v) is 1.51. The molecule has 0 saturated carbocycles. The number of halogens is 1. The third-order valence-electron chi connectivity index (χ3n) is 1.81. The predicted octanol–water partition coefficient (Wildman–Crippen LogP) is 4.09. The van der Waals surface area contributed by atoms with Crippen molar-refractivity contribution in [2.75, 3.05) is 0 Å². The molecule has 0 atom stereocenters. The number of para-hydroxylation sites is 2. The Bertz CT molecular complexity index is 426. The molecule has 0 fully saturated rings. The van der Waals surface area contributed by atoms with Gasteiger partial charge in [-0.25, -0.2) is 0 Å². The number of hydrogen-bond donors (Lipinski definition) is 0. The average molecular weight is 275 g/mol. The number of benzene rings is 2. The van der Waals surface area contributed by atoms with Gasteiger partial charge in [0.1, 0.15) is 11.5 Å². The molecule has 0 spiro atoms. The maximum absolute atomic E-state index is 5.66. The Balaban J connectivity index is 0. The van der Waals surface area contributed by atoms with Crippen LogP contribution in [0, 0.1) is 0 Å². The molecule has 0 unspecified atom stereocenters. The van der Waals surface area contributed by atoms with Crippen molar-refractivity contribution in [3.63, 3.8) is 0 Å². The van der Waals surface area contributed by atoms with Gasteiger partial charge in [0.2, 0.25) is 0 Å². The van der Waals surface area contributed by atoms with Gasteiger partial charge in [-0.3, -0.25) is 0 Å². The molecule has 0 amide bonds. The van der Waals surface area contributed by atoms with Crippen molar-refractivity contribution in [3.8, 4) is 11.5 Å². The molecule has 1 nitrogen and oxygen atoms in total. The van der Waals surface area contributed by atoms with Crippen molar-refractivity contribution in [1.82, 2.24) is 0 Å². The van der Waals surface area contributed by atoms with E-state index in [1.54, 1.807) is 0 Å². The van der Waals surface area contributed by atoms with Gasteiger partial charge in [-0.05, 0) is 40.2 Å². The summed E-state index contributed by atoms with van der Waals surface area (Å²) in [5.74, 6) is 1.68. The molecule has 15 heavy (non-hydrogen) atoms. The monoisotopic (exact) mass is 274 g/mol. The molecule has 0 aliphatic heterocycles. The van der Waals surface area contributed by atoms with E-state index in [2.05, 4.69) is 15.9 Å². The second-order valence-corrected chi connectivity index (χ2v) is 3.70. The van der Waals surface area contributed by atoms with E-state index >= 15 is 0 Å². The van der Waals surface area contributed by atoms with E-state index in [1.807, 2.05) is 54.6 Å². The molecule has 0 heterocycles. The maximum atomic E-state index is 5.66. The normalized spacial score (nSPS) is 9.13. The summed E-state index contributed by atoms with van der Waals surface area (Å²) < 4.78 is 6.62. The third-order valence-corrected chi connectivity index (χ3v) is 2.46. The van der Waals surface area contributed by atoms with E-state index in [4.69, 9.17) is 4.74 Å². The van der Waals surface area contributed by atoms with Crippen molar-refractivity contribution in [3.05, 3.63) is 59.1 Å². The maximum Gasteiger partial charge on any atom is 2.00 e. The predicted molar refractivity (Wildman–Crippen MR) is 68.6 cm³/mol. The zero-order valence-electron chi connectivity index (χ0n) is 10.2. The average Bonchev–Trinajstić information content (AvgIpc) is 2.23. The van der Waals surface area contributed by atoms with Crippen molar-refractivity contribution in [2.24, 2.45) is 0 Å². The number of rotatable bonds is 2. The minimum Gasteiger partial charge on any atom is -1.00 e. The summed E-state index contributed by atoms with van der Waals surface area (Å²) in [7, 11) is 0. The molecule has 0 aromatic heterocycles. The first-order chi connectivity index (χ1) is 6.86. The zero-order valence-corrected chi connectivity index (χ0v) is 11.2. The van der Waals surface area contributed by atoms with Gasteiger partial charge in [-0.15, -0.1) is 0 Å². The molecule has 0 radical (unpaired) electrons. The Morgan fingerprint density at radius 1 is 0.867 bits per heavy atom. The summed E-state index contributed by atoms with van der Waals surface area (Å²) in [6.45, 7) is 0. The zero-order chi connectivity index (χ0) is 9.80. The van der Waals surface area contributed by atoms with Gasteiger partial charge in [0.25, 0.3) is 0 Å². The van der Waals surface area contributed by atoms with Crippen LogP contribution >= 0.6 is 15.9 Å². The molecule has 3 heteroatoms. The van der Waals surface area contributed by atoms with E-state index < -0.39 is 0 Å². The summed E-state index contributed by atoms with van der Waals surface area (Å²) in [4.78, 5) is 0. The van der Waals surface area contributed by atoms with Gasteiger partial charge < -0.3 is 7.59 Å². The van der Waals surface area contributed by atoms with Crippen molar-refractivity contribution in [2.45, 2.75) is 0 Å². The standard InChI is InChI=1S/C12H9BrO.Mg.2H/c13-11-8-4-5-9-12(11)14-10-6-2-1-3-7-10;;;/h1-9H;;;/q;+2;2*-1. The van der Waals surface area contributed by atoms with Crippen LogP contribution in [0.1, 0.15) is 2.85 Å². The van der Waals surface area contributed by atoms with Crippen LogP contribution in [0.25, 0.3) is 0 Å². The fraction of sp³-hybridized carbons (Fsp3) is 0. The summed E-state index contributed by atoms with van der Waals surface area (Å²) in [5, 5.41) is 0. The van der Waals surface area contributed by atoms with E-state index in [0.29, 0.717) is 0 Å². The van der Waals surface area contributed by atoms with Gasteiger partial charge in [-0.1, -0.05) is 30.3 Å². The second kappa shape index (κ2) is 6.15. The van der Waals surface area contributed by atoms with E-state index in [1.165, 1.54) is 0 Å². The van der Waals surface area contributed by atoms with Gasteiger partial charge in [-0.2, -0.15) is 0 Å². The minimum atomic E-state index is 0. The largest absolute Gasteiger partial charge is 2.00 e. The Hall–Kier alpha value is -0.514. The molecule has 2 aromatic carbocycles. The number of ether oxygens (including phenoxy) is 1. The van der Waals surface area contributed by atoms with Crippen molar-refractivity contribution < 1.29 is 7.59 Å². The molecule has 2 aromatic rings. The first-order valence-corrected chi connectivity index (χ1v) is 5.13. The van der Waals surface area contributed by atoms with E-state index in [-0.39, 0.29) is 25.9 Å². The van der Waals surface area contributed by atoms with Crippen LogP contribution in [0.15, 0.2) is 59.1 Å². The molecule has 0 aliphatic carbocycles. The smallest absolute Gasteiger partial charge is 1.00 e. The Kier molecular flexibility index (Phi) is 5.15. The molecule has 0 N–H and O–H groups in total. The molecule has 74 valence electrons. The molecule has 0 aliphatic rings. The van der Waals surface area contributed by atoms with Gasteiger partial charge in [0.15, 0.2) is 0 Å². The molecule has 0 bridgehead atoms. The molecular formula is C12H11BrMgO. The van der Waals surface area contributed by atoms with Crippen LogP contribution < -0.4 is 4.74 Å². The van der Waals surface area contributed by atoms with Crippen molar-refractivity contribution >= 4 is 39.0 Å². The second-order valence-electron chi connectivity index (χ2n) is 2.85. The molecule has 0 saturated heterocycles. The summed E-state index contributed by atoms with van der Waals surface area (Å²) in [6.07, 6.45) is 0. The van der Waals surface area contributed by atoms with Crippen LogP contribution in [0.2, 0.25) is 0 Å². The molecule has 2 rings (SSSR count). The third kappa shape index (κ3) is 3.52. The van der Waals surface area contributed by atoms with Gasteiger partial charge in [0, 0.05) is 0 Å². The molecular weight excluding hydrogens is 264 g/mol. The van der Waals surface area contributed by atoms with Gasteiger partial charge >= 0.3 is 23.1 Å². The van der Waals surface area contributed by atoms with Gasteiger partial charge in [0.05, 0.1) is 4.47 Å². The van der Waals surface area contributed by atoms with Crippen molar-refractivity contribution in [1.29, 1.82) is 0 Å². The Morgan fingerprint density at radius 2 is 1.47 bits per heavy atom. The number of hydrogen-bond acceptors (Lipinski definition) is 1. The summed E-state index contributed by atoms with van der Waals surface area (Å²) in [5.41, 5.74) is 0. The van der Waals surface area contributed by atoms with Crippen LogP contribution in [0.3, 0.4) is 0 Å². The van der Waals surface area contributed by atoms with Crippen LogP contribution in [0.4, 0.5) is 0 Å². The summed E-state index contributed by atoms with van der Waals surface area (Å²) in [6, 6.07) is 17.5. The minimum absolute atomic E-state index is 0. The topological polar surface area (TPSA) is 9.23 Å². The quantitative estimate of drug-likeness (QED) is 0.750. The summed E-state index contributed by atoms with van der Waals surface area (Å²) >= 11 is 3.43. The van der Waals surface area contributed by atoms with Crippen LogP contribution in [-0.2, 0) is 0 Å². The van der Waals surface area contributed by atoms with E-state index in [0.717, 1.165) is 16.0 Å². The van der Waals surface area contributed by atoms with Crippen LogP contribution in [0.5, 0.6) is 11.5 Å². The Morgan fingerprint density at radius 3 is 2.13 bits per heavy atom.